The molecule has 4 heteroatoms. The largest absolute Gasteiger partial charge is 0.399 e. The SMILES string of the molecule is Cc1cc(NCC2CCOCC2)c2cc(N)ccc2n1. The number of nitrogen functional groups attached to an aromatic ring is 1. The van der Waals surface area contributed by atoms with Crippen LogP contribution in [0, 0.1) is 12.8 Å². The van der Waals surface area contributed by atoms with E-state index in [0.29, 0.717) is 5.92 Å². The van der Waals surface area contributed by atoms with Crippen molar-refractivity contribution in [2.75, 3.05) is 30.8 Å². The number of nitrogens with one attached hydrogen (secondary N) is 1. The second-order valence-electron chi connectivity index (χ2n) is 5.52. The number of fused-ring (bicyclic) bond motifs is 1. The highest BCUT2D eigenvalue weighted by atomic mass is 16.5. The van der Waals surface area contributed by atoms with Crippen molar-refractivity contribution < 1.29 is 4.74 Å². The summed E-state index contributed by atoms with van der Waals surface area (Å²) in [5.41, 5.74) is 9.82. The zero-order valence-corrected chi connectivity index (χ0v) is 11.9. The molecule has 0 amide bonds. The van der Waals surface area contributed by atoms with Crippen LogP contribution in [0.4, 0.5) is 11.4 Å². The van der Waals surface area contributed by atoms with E-state index in [1.54, 1.807) is 0 Å². The third-order valence-corrected chi connectivity index (χ3v) is 3.88. The molecule has 1 saturated heterocycles. The molecule has 1 aromatic carbocycles. The highest BCUT2D eigenvalue weighted by molar-refractivity contribution is 5.93. The number of aryl methyl sites for hydroxylation is 1. The van der Waals surface area contributed by atoms with Gasteiger partial charge in [0, 0.05) is 42.2 Å². The number of ether oxygens (including phenoxy) is 1. The summed E-state index contributed by atoms with van der Waals surface area (Å²) in [6.07, 6.45) is 2.27. The Morgan fingerprint density at radius 1 is 1.30 bits per heavy atom. The summed E-state index contributed by atoms with van der Waals surface area (Å²) in [5.74, 6) is 0.688. The topological polar surface area (TPSA) is 60.2 Å². The predicted octanol–water partition coefficient (Wildman–Crippen LogP) is 2.96. The van der Waals surface area contributed by atoms with Gasteiger partial charge in [-0.15, -0.1) is 0 Å². The van der Waals surface area contributed by atoms with E-state index in [4.69, 9.17) is 10.5 Å². The molecule has 3 N–H and O–H groups in total. The fraction of sp³-hybridized carbons (Fsp3) is 0.438. The second kappa shape index (κ2) is 5.67. The molecule has 0 atom stereocenters. The lowest BCUT2D eigenvalue weighted by Gasteiger charge is -2.23. The molecule has 1 fully saturated rings. The third-order valence-electron chi connectivity index (χ3n) is 3.88. The molecule has 1 aromatic heterocycles. The molecule has 2 aromatic rings. The van der Waals surface area contributed by atoms with Crippen LogP contribution in [0.15, 0.2) is 24.3 Å². The first-order valence-corrected chi connectivity index (χ1v) is 7.21. The van der Waals surface area contributed by atoms with E-state index in [2.05, 4.69) is 16.4 Å². The quantitative estimate of drug-likeness (QED) is 0.843. The molecule has 20 heavy (non-hydrogen) atoms. The number of hydrogen-bond acceptors (Lipinski definition) is 4. The van der Waals surface area contributed by atoms with E-state index in [0.717, 1.165) is 60.6 Å². The first kappa shape index (κ1) is 13.2. The molecule has 0 unspecified atom stereocenters. The first-order valence-electron chi connectivity index (χ1n) is 7.21. The Morgan fingerprint density at radius 3 is 2.90 bits per heavy atom. The lowest BCUT2D eigenvalue weighted by atomic mass is 10.00. The number of pyridine rings is 1. The fourth-order valence-corrected chi connectivity index (χ4v) is 2.73. The van der Waals surface area contributed by atoms with Crippen LogP contribution in [-0.2, 0) is 4.74 Å². The van der Waals surface area contributed by atoms with Crippen LogP contribution in [0.3, 0.4) is 0 Å². The zero-order chi connectivity index (χ0) is 13.9. The summed E-state index contributed by atoms with van der Waals surface area (Å²) in [4.78, 5) is 4.56. The summed E-state index contributed by atoms with van der Waals surface area (Å²) in [5, 5.41) is 4.67. The lowest BCUT2D eigenvalue weighted by Crippen LogP contribution is -2.22. The van der Waals surface area contributed by atoms with Crippen molar-refractivity contribution in [1.29, 1.82) is 0 Å². The average Bonchev–Trinajstić information content (AvgIpc) is 2.46. The summed E-state index contributed by atoms with van der Waals surface area (Å²) in [7, 11) is 0. The maximum Gasteiger partial charge on any atom is 0.0727 e. The van der Waals surface area contributed by atoms with Gasteiger partial charge in [-0.25, -0.2) is 0 Å². The molecule has 0 bridgehead atoms. The van der Waals surface area contributed by atoms with Crippen molar-refractivity contribution in [1.82, 2.24) is 4.98 Å². The van der Waals surface area contributed by atoms with Crippen molar-refractivity contribution in [3.8, 4) is 0 Å². The standard InChI is InChI=1S/C16H21N3O/c1-11-8-16(18-10-12-4-6-20-7-5-12)14-9-13(17)2-3-15(14)19-11/h2-3,8-9,12H,4-7,10,17H2,1H3,(H,18,19). The minimum Gasteiger partial charge on any atom is -0.399 e. The number of anilines is 2. The number of nitrogens with two attached hydrogens (primary N) is 1. The number of rotatable bonds is 3. The molecule has 4 nitrogen and oxygen atoms in total. The minimum absolute atomic E-state index is 0.688. The Balaban J connectivity index is 1.83. The molecule has 0 radical (unpaired) electrons. The molecule has 1 aliphatic heterocycles. The van der Waals surface area contributed by atoms with Gasteiger partial charge in [0.1, 0.15) is 0 Å². The van der Waals surface area contributed by atoms with Gasteiger partial charge in [-0.2, -0.15) is 0 Å². The highest BCUT2D eigenvalue weighted by Crippen LogP contribution is 2.26. The normalized spacial score (nSPS) is 16.4. The van der Waals surface area contributed by atoms with Crippen LogP contribution in [0.5, 0.6) is 0 Å². The van der Waals surface area contributed by atoms with Crippen molar-refractivity contribution in [3.05, 3.63) is 30.0 Å². The molecule has 3 rings (SSSR count). The Bertz CT molecular complexity index is 606. The summed E-state index contributed by atoms with van der Waals surface area (Å²) < 4.78 is 5.40. The molecular weight excluding hydrogens is 250 g/mol. The van der Waals surface area contributed by atoms with Crippen LogP contribution in [0.1, 0.15) is 18.5 Å². The number of nitrogens with zero attached hydrogens (tertiary/aromatic N) is 1. The van der Waals surface area contributed by atoms with Gasteiger partial charge in [0.2, 0.25) is 0 Å². The number of aromatic nitrogens is 1. The maximum absolute atomic E-state index is 5.90. The molecule has 106 valence electrons. The molecule has 1 aliphatic rings. The Kier molecular flexibility index (Phi) is 3.74. The van der Waals surface area contributed by atoms with E-state index in [1.807, 2.05) is 25.1 Å². The van der Waals surface area contributed by atoms with Crippen molar-refractivity contribution in [3.63, 3.8) is 0 Å². The summed E-state index contributed by atoms with van der Waals surface area (Å²) in [6, 6.07) is 7.98. The highest BCUT2D eigenvalue weighted by Gasteiger charge is 2.14. The first-order chi connectivity index (χ1) is 9.72. The van der Waals surface area contributed by atoms with E-state index in [-0.39, 0.29) is 0 Å². The average molecular weight is 271 g/mol. The van der Waals surface area contributed by atoms with E-state index in [1.165, 1.54) is 0 Å². The third kappa shape index (κ3) is 2.85. The van der Waals surface area contributed by atoms with Crippen LogP contribution >= 0.6 is 0 Å². The fourth-order valence-electron chi connectivity index (χ4n) is 2.73. The number of hydrogen-bond donors (Lipinski definition) is 2. The zero-order valence-electron chi connectivity index (χ0n) is 11.9. The van der Waals surface area contributed by atoms with Crippen molar-refractivity contribution >= 4 is 22.3 Å². The van der Waals surface area contributed by atoms with Gasteiger partial charge in [0.05, 0.1) is 5.52 Å². The van der Waals surface area contributed by atoms with Crippen LogP contribution in [-0.4, -0.2) is 24.7 Å². The molecule has 2 heterocycles. The van der Waals surface area contributed by atoms with Gasteiger partial charge >= 0.3 is 0 Å². The van der Waals surface area contributed by atoms with Gasteiger partial charge in [-0.1, -0.05) is 0 Å². The monoisotopic (exact) mass is 271 g/mol. The Hall–Kier alpha value is -1.81. The lowest BCUT2D eigenvalue weighted by molar-refractivity contribution is 0.0699. The van der Waals surface area contributed by atoms with Gasteiger partial charge < -0.3 is 15.8 Å². The van der Waals surface area contributed by atoms with Crippen molar-refractivity contribution in [2.45, 2.75) is 19.8 Å². The predicted molar refractivity (Wildman–Crippen MR) is 82.9 cm³/mol. The van der Waals surface area contributed by atoms with E-state index < -0.39 is 0 Å². The van der Waals surface area contributed by atoms with Gasteiger partial charge in [0.15, 0.2) is 0 Å². The second-order valence-corrected chi connectivity index (χ2v) is 5.52. The van der Waals surface area contributed by atoms with Crippen molar-refractivity contribution in [2.24, 2.45) is 5.92 Å². The van der Waals surface area contributed by atoms with Crippen LogP contribution < -0.4 is 11.1 Å². The maximum atomic E-state index is 5.90. The molecule has 0 spiro atoms. The molecule has 0 aliphatic carbocycles. The van der Waals surface area contributed by atoms with Crippen LogP contribution in [0.25, 0.3) is 10.9 Å². The molecule has 0 saturated carbocycles. The summed E-state index contributed by atoms with van der Waals surface area (Å²) in [6.45, 7) is 4.77. The Labute approximate surface area is 119 Å². The van der Waals surface area contributed by atoms with Gasteiger partial charge in [0.25, 0.3) is 0 Å². The van der Waals surface area contributed by atoms with E-state index in [9.17, 15) is 0 Å². The summed E-state index contributed by atoms with van der Waals surface area (Å²) >= 11 is 0. The van der Waals surface area contributed by atoms with Gasteiger partial charge in [-0.3, -0.25) is 4.98 Å². The Morgan fingerprint density at radius 2 is 2.10 bits per heavy atom. The smallest absolute Gasteiger partial charge is 0.0727 e. The number of benzene rings is 1. The van der Waals surface area contributed by atoms with E-state index >= 15 is 0 Å². The minimum atomic E-state index is 0.688. The van der Waals surface area contributed by atoms with Gasteiger partial charge in [-0.05, 0) is 49.9 Å². The molecular formula is C16H21N3O. The van der Waals surface area contributed by atoms with Crippen LogP contribution in [0.2, 0.25) is 0 Å².